The van der Waals surface area contributed by atoms with E-state index in [0.29, 0.717) is 23.5 Å². The first-order valence-corrected chi connectivity index (χ1v) is 9.97. The summed E-state index contributed by atoms with van der Waals surface area (Å²) in [4.78, 5) is 24.8. The first kappa shape index (κ1) is 22.8. The molecule has 1 aliphatic carbocycles. The van der Waals surface area contributed by atoms with Crippen LogP contribution in [0.3, 0.4) is 0 Å². The normalized spacial score (nSPS) is 21.4. The lowest BCUT2D eigenvalue weighted by molar-refractivity contribution is -0.159. The van der Waals surface area contributed by atoms with Crippen LogP contribution in [0.2, 0.25) is 0 Å². The molecule has 0 bridgehead atoms. The lowest BCUT2D eigenvalue weighted by Gasteiger charge is -2.36. The topological polar surface area (TPSA) is 80.3 Å². The van der Waals surface area contributed by atoms with E-state index in [2.05, 4.69) is 20.8 Å². The predicted octanol–water partition coefficient (Wildman–Crippen LogP) is 3.87. The van der Waals surface area contributed by atoms with Crippen molar-refractivity contribution < 1.29 is 33.3 Å². The second-order valence-corrected chi connectivity index (χ2v) is 7.81. The van der Waals surface area contributed by atoms with Crippen molar-refractivity contribution in [3.63, 3.8) is 0 Å². The van der Waals surface area contributed by atoms with Gasteiger partial charge in [0, 0.05) is 0 Å². The Balaban J connectivity index is 2.02. The van der Waals surface area contributed by atoms with E-state index in [4.69, 9.17) is 23.7 Å². The van der Waals surface area contributed by atoms with Crippen molar-refractivity contribution in [1.82, 2.24) is 0 Å². The number of carbonyl (C=O) groups excluding carboxylic acids is 2. The zero-order valence-electron chi connectivity index (χ0n) is 18.2. The fraction of sp³-hybridized carbons (Fsp3) is 0.636. The summed E-state index contributed by atoms with van der Waals surface area (Å²) in [7, 11) is 4.35. The second-order valence-electron chi connectivity index (χ2n) is 7.81. The summed E-state index contributed by atoms with van der Waals surface area (Å²) in [6, 6.07) is 3.08. The number of methoxy groups -OCH3 is 3. The molecule has 7 nitrogen and oxygen atoms in total. The molecule has 29 heavy (non-hydrogen) atoms. The zero-order valence-corrected chi connectivity index (χ0v) is 18.2. The van der Waals surface area contributed by atoms with Gasteiger partial charge in [0.15, 0.2) is 18.1 Å². The van der Waals surface area contributed by atoms with Gasteiger partial charge in [-0.25, -0.2) is 9.59 Å². The number of rotatable bonds is 8. The molecule has 1 aliphatic rings. The molecule has 1 saturated carbocycles. The van der Waals surface area contributed by atoms with Crippen LogP contribution >= 0.6 is 0 Å². The lowest BCUT2D eigenvalue weighted by atomic mass is 9.75. The molecule has 0 aliphatic heterocycles. The molecule has 0 heterocycles. The fourth-order valence-corrected chi connectivity index (χ4v) is 3.92. The van der Waals surface area contributed by atoms with E-state index in [0.717, 1.165) is 19.3 Å². The molecule has 2 rings (SSSR count). The molecule has 0 N–H and O–H groups in total. The molecule has 0 saturated heterocycles. The molecule has 1 aromatic carbocycles. The van der Waals surface area contributed by atoms with E-state index < -0.39 is 18.5 Å². The van der Waals surface area contributed by atoms with E-state index in [1.807, 2.05) is 0 Å². The molecule has 162 valence electrons. The Morgan fingerprint density at radius 3 is 2.31 bits per heavy atom. The van der Waals surface area contributed by atoms with E-state index in [9.17, 15) is 9.59 Å². The van der Waals surface area contributed by atoms with Crippen molar-refractivity contribution >= 4 is 11.9 Å². The van der Waals surface area contributed by atoms with Crippen LogP contribution in [-0.2, 0) is 14.3 Å². The van der Waals surface area contributed by atoms with Gasteiger partial charge < -0.3 is 23.7 Å². The second kappa shape index (κ2) is 10.4. The van der Waals surface area contributed by atoms with Crippen LogP contribution in [0.1, 0.15) is 50.4 Å². The Hall–Kier alpha value is -2.44. The van der Waals surface area contributed by atoms with Crippen LogP contribution in [0, 0.1) is 17.8 Å². The molecule has 0 unspecified atom stereocenters. The maximum absolute atomic E-state index is 12.5. The average molecular weight is 408 g/mol. The van der Waals surface area contributed by atoms with Gasteiger partial charge in [-0.05, 0) is 42.7 Å². The van der Waals surface area contributed by atoms with Gasteiger partial charge in [-0.1, -0.05) is 27.2 Å². The molecule has 1 aromatic rings. The van der Waals surface area contributed by atoms with Crippen molar-refractivity contribution in [2.24, 2.45) is 17.8 Å². The van der Waals surface area contributed by atoms with Crippen LogP contribution in [0.5, 0.6) is 17.2 Å². The van der Waals surface area contributed by atoms with Gasteiger partial charge in [-0.15, -0.1) is 0 Å². The van der Waals surface area contributed by atoms with Crippen LogP contribution in [0.4, 0.5) is 0 Å². The Morgan fingerprint density at radius 2 is 1.72 bits per heavy atom. The minimum absolute atomic E-state index is 0.138. The standard InChI is InChI=1S/C22H32O7/c1-13(2)15-8-7-14(3)11-18(15)29-19(23)12-28-22(24)16-9-10-17(25-4)21(27-6)20(16)26-5/h9-10,13-15,18H,7-8,11-12H2,1-6H3/t14-,15-,18-/m1/s1. The molecule has 0 aromatic heterocycles. The highest BCUT2D eigenvalue weighted by Gasteiger charge is 2.33. The average Bonchev–Trinajstić information content (AvgIpc) is 2.70. The van der Waals surface area contributed by atoms with Gasteiger partial charge in [0.05, 0.1) is 21.3 Å². The van der Waals surface area contributed by atoms with Crippen molar-refractivity contribution in [2.75, 3.05) is 27.9 Å². The first-order valence-electron chi connectivity index (χ1n) is 9.97. The van der Waals surface area contributed by atoms with Crippen molar-refractivity contribution in [3.05, 3.63) is 17.7 Å². The van der Waals surface area contributed by atoms with Crippen molar-refractivity contribution in [1.29, 1.82) is 0 Å². The Morgan fingerprint density at radius 1 is 1.03 bits per heavy atom. The number of hydrogen-bond acceptors (Lipinski definition) is 7. The third-order valence-electron chi connectivity index (χ3n) is 5.49. The first-order chi connectivity index (χ1) is 13.8. The Bertz CT molecular complexity index is 713. The summed E-state index contributed by atoms with van der Waals surface area (Å²) < 4.78 is 26.6. The summed E-state index contributed by atoms with van der Waals surface area (Å²) in [5, 5.41) is 0. The van der Waals surface area contributed by atoms with Gasteiger partial charge in [0.25, 0.3) is 0 Å². The van der Waals surface area contributed by atoms with E-state index in [1.165, 1.54) is 27.4 Å². The van der Waals surface area contributed by atoms with Gasteiger partial charge in [-0.3, -0.25) is 0 Å². The van der Waals surface area contributed by atoms with Crippen LogP contribution in [0.15, 0.2) is 12.1 Å². The van der Waals surface area contributed by atoms with Crippen molar-refractivity contribution in [2.45, 2.75) is 46.1 Å². The van der Waals surface area contributed by atoms with Crippen LogP contribution < -0.4 is 14.2 Å². The molecular weight excluding hydrogens is 376 g/mol. The third kappa shape index (κ3) is 5.55. The Labute approximate surface area is 172 Å². The van der Waals surface area contributed by atoms with Gasteiger partial charge in [0.2, 0.25) is 5.75 Å². The van der Waals surface area contributed by atoms with Gasteiger partial charge in [0.1, 0.15) is 11.7 Å². The lowest BCUT2D eigenvalue weighted by Crippen LogP contribution is -2.36. The largest absolute Gasteiger partial charge is 0.493 e. The summed E-state index contributed by atoms with van der Waals surface area (Å²) in [5.41, 5.74) is 0.143. The summed E-state index contributed by atoms with van der Waals surface area (Å²) in [5.74, 6) is 0.928. The minimum atomic E-state index is -0.697. The summed E-state index contributed by atoms with van der Waals surface area (Å²) in [6.07, 6.45) is 2.89. The highest BCUT2D eigenvalue weighted by atomic mass is 16.6. The van der Waals surface area contributed by atoms with E-state index in [1.54, 1.807) is 6.07 Å². The highest BCUT2D eigenvalue weighted by Crippen LogP contribution is 2.40. The fourth-order valence-electron chi connectivity index (χ4n) is 3.92. The third-order valence-corrected chi connectivity index (χ3v) is 5.49. The number of ether oxygens (including phenoxy) is 5. The SMILES string of the molecule is COc1ccc(C(=O)OCC(=O)O[C@@H]2C[C@H](C)CC[C@@H]2C(C)C)c(OC)c1OC. The molecular formula is C22H32O7. The van der Waals surface area contributed by atoms with E-state index >= 15 is 0 Å². The monoisotopic (exact) mass is 408 g/mol. The molecule has 0 radical (unpaired) electrons. The zero-order chi connectivity index (χ0) is 21.6. The van der Waals surface area contributed by atoms with Gasteiger partial charge in [-0.2, -0.15) is 0 Å². The number of carbonyl (C=O) groups is 2. The molecule has 0 spiro atoms. The quantitative estimate of drug-likeness (QED) is 0.604. The maximum Gasteiger partial charge on any atom is 0.344 e. The number of benzene rings is 1. The maximum atomic E-state index is 12.5. The Kier molecular flexibility index (Phi) is 8.17. The minimum Gasteiger partial charge on any atom is -0.493 e. The van der Waals surface area contributed by atoms with Crippen LogP contribution in [0.25, 0.3) is 0 Å². The smallest absolute Gasteiger partial charge is 0.344 e. The van der Waals surface area contributed by atoms with E-state index in [-0.39, 0.29) is 23.2 Å². The molecule has 7 heteroatoms. The number of esters is 2. The van der Waals surface area contributed by atoms with Gasteiger partial charge >= 0.3 is 11.9 Å². The molecule has 1 fully saturated rings. The predicted molar refractivity (Wildman–Crippen MR) is 108 cm³/mol. The molecule has 0 amide bonds. The van der Waals surface area contributed by atoms with Crippen molar-refractivity contribution in [3.8, 4) is 17.2 Å². The summed E-state index contributed by atoms with van der Waals surface area (Å²) in [6.45, 7) is 6.00. The highest BCUT2D eigenvalue weighted by molar-refractivity contribution is 5.95. The van der Waals surface area contributed by atoms with Crippen LogP contribution in [-0.4, -0.2) is 46.0 Å². The summed E-state index contributed by atoms with van der Waals surface area (Å²) >= 11 is 0. The molecule has 3 atom stereocenters. The number of hydrogen-bond donors (Lipinski definition) is 0.